The number of methoxy groups -OCH3 is 1. The first-order valence-electron chi connectivity index (χ1n) is 4.70. The van der Waals surface area contributed by atoms with E-state index < -0.39 is 0 Å². The SMILES string of the molecule is COc1ccc(C(=O)N[N+](C)(C)C)cc1.[Br-]. The third-order valence-corrected chi connectivity index (χ3v) is 1.79. The Hall–Kier alpha value is -1.07. The van der Waals surface area contributed by atoms with Gasteiger partial charge in [-0.05, 0) is 24.3 Å². The molecular formula is C11H17BrN2O2. The molecule has 0 saturated carbocycles. The highest BCUT2D eigenvalue weighted by Crippen LogP contribution is 2.11. The first kappa shape index (κ1) is 14.9. The van der Waals surface area contributed by atoms with Crippen molar-refractivity contribution in [1.82, 2.24) is 5.43 Å². The van der Waals surface area contributed by atoms with E-state index in [0.717, 1.165) is 5.75 Å². The van der Waals surface area contributed by atoms with Crippen molar-refractivity contribution in [2.75, 3.05) is 28.3 Å². The molecule has 0 spiro atoms. The largest absolute Gasteiger partial charge is 1.00 e. The molecule has 4 nitrogen and oxygen atoms in total. The van der Waals surface area contributed by atoms with E-state index in [1.165, 1.54) is 0 Å². The van der Waals surface area contributed by atoms with Crippen LogP contribution >= 0.6 is 0 Å². The van der Waals surface area contributed by atoms with Crippen LogP contribution in [-0.4, -0.2) is 38.8 Å². The third kappa shape index (κ3) is 4.63. The van der Waals surface area contributed by atoms with Crippen LogP contribution in [0, 0.1) is 0 Å². The van der Waals surface area contributed by atoms with Crippen LogP contribution in [0.25, 0.3) is 0 Å². The molecule has 1 rings (SSSR count). The fourth-order valence-corrected chi connectivity index (χ4v) is 1.11. The number of amides is 1. The van der Waals surface area contributed by atoms with E-state index in [2.05, 4.69) is 5.43 Å². The van der Waals surface area contributed by atoms with Crippen molar-refractivity contribution in [2.45, 2.75) is 0 Å². The molecular weight excluding hydrogens is 272 g/mol. The van der Waals surface area contributed by atoms with Crippen molar-refractivity contribution < 1.29 is 31.1 Å². The molecule has 5 heteroatoms. The molecule has 0 aliphatic carbocycles. The van der Waals surface area contributed by atoms with Gasteiger partial charge in [-0.15, -0.1) is 0 Å². The zero-order valence-electron chi connectivity index (χ0n) is 9.95. The summed E-state index contributed by atoms with van der Waals surface area (Å²) in [7, 11) is 7.27. The Labute approximate surface area is 107 Å². The van der Waals surface area contributed by atoms with Gasteiger partial charge < -0.3 is 21.7 Å². The van der Waals surface area contributed by atoms with Gasteiger partial charge >= 0.3 is 0 Å². The van der Waals surface area contributed by atoms with E-state index in [-0.39, 0.29) is 22.9 Å². The molecule has 1 amide bonds. The maximum atomic E-state index is 11.7. The zero-order valence-corrected chi connectivity index (χ0v) is 11.5. The highest BCUT2D eigenvalue weighted by Gasteiger charge is 2.14. The van der Waals surface area contributed by atoms with Crippen molar-refractivity contribution in [3.8, 4) is 5.75 Å². The molecule has 0 aliphatic rings. The van der Waals surface area contributed by atoms with Crippen molar-refractivity contribution in [1.29, 1.82) is 0 Å². The summed E-state index contributed by atoms with van der Waals surface area (Å²) in [5.41, 5.74) is 3.46. The highest BCUT2D eigenvalue weighted by atomic mass is 79.9. The smallest absolute Gasteiger partial charge is 0.295 e. The van der Waals surface area contributed by atoms with Crippen LogP contribution in [-0.2, 0) is 0 Å². The van der Waals surface area contributed by atoms with Crippen molar-refractivity contribution in [3.05, 3.63) is 29.8 Å². The van der Waals surface area contributed by atoms with Gasteiger partial charge in [0.05, 0.1) is 28.3 Å². The summed E-state index contributed by atoms with van der Waals surface area (Å²) in [6.45, 7) is 0. The first-order chi connectivity index (χ1) is 6.92. The van der Waals surface area contributed by atoms with Gasteiger partial charge in [0.1, 0.15) is 5.75 Å². The van der Waals surface area contributed by atoms with Gasteiger partial charge in [-0.2, -0.15) is 5.43 Å². The average molecular weight is 289 g/mol. The molecule has 0 bridgehead atoms. The number of carbonyl (C=O) groups excluding carboxylic acids is 1. The lowest BCUT2D eigenvalue weighted by Gasteiger charge is -2.23. The van der Waals surface area contributed by atoms with Crippen molar-refractivity contribution in [3.63, 3.8) is 0 Å². The van der Waals surface area contributed by atoms with E-state index in [9.17, 15) is 4.79 Å². The Morgan fingerprint density at radius 1 is 1.19 bits per heavy atom. The molecule has 0 unspecified atom stereocenters. The fraction of sp³-hybridized carbons (Fsp3) is 0.364. The number of nitrogens with zero attached hydrogens (tertiary/aromatic N) is 1. The van der Waals surface area contributed by atoms with Crippen LogP contribution in [0.1, 0.15) is 10.4 Å². The summed E-state index contributed by atoms with van der Waals surface area (Å²) >= 11 is 0. The fourth-order valence-electron chi connectivity index (χ4n) is 1.11. The van der Waals surface area contributed by atoms with Gasteiger partial charge in [-0.1, -0.05) is 0 Å². The number of nitrogens with one attached hydrogen (secondary N) is 1. The molecule has 0 aromatic heterocycles. The Balaban J connectivity index is 0.00000225. The van der Waals surface area contributed by atoms with E-state index in [1.54, 1.807) is 31.4 Å². The maximum Gasteiger partial charge on any atom is 0.295 e. The van der Waals surface area contributed by atoms with Gasteiger partial charge in [-0.3, -0.25) is 4.79 Å². The average Bonchev–Trinajstić information content (AvgIpc) is 2.15. The lowest BCUT2D eigenvalue weighted by molar-refractivity contribution is -0.905. The Kier molecular flexibility index (Phi) is 5.47. The topological polar surface area (TPSA) is 38.3 Å². The van der Waals surface area contributed by atoms with Gasteiger partial charge in [0, 0.05) is 5.56 Å². The second kappa shape index (κ2) is 5.86. The van der Waals surface area contributed by atoms with E-state index >= 15 is 0 Å². The lowest BCUT2D eigenvalue weighted by Crippen LogP contribution is -3.00. The maximum absolute atomic E-state index is 11.7. The molecule has 1 aromatic rings. The number of halogens is 1. The van der Waals surface area contributed by atoms with Gasteiger partial charge in [0.25, 0.3) is 5.91 Å². The van der Waals surface area contributed by atoms with E-state index in [4.69, 9.17) is 4.74 Å². The molecule has 1 aromatic carbocycles. The Morgan fingerprint density at radius 2 is 1.69 bits per heavy atom. The molecule has 0 radical (unpaired) electrons. The standard InChI is InChI=1S/C11H16N2O2.BrH/c1-13(2,3)12-11(14)9-5-7-10(15-4)8-6-9;/h5-8H,1-4H3;1H. The predicted octanol–water partition coefficient (Wildman–Crippen LogP) is -1.95. The number of hydrogen-bond acceptors (Lipinski definition) is 2. The van der Waals surface area contributed by atoms with E-state index in [0.29, 0.717) is 10.2 Å². The molecule has 0 heterocycles. The van der Waals surface area contributed by atoms with E-state index in [1.807, 2.05) is 21.1 Å². The van der Waals surface area contributed by atoms with Crippen LogP contribution < -0.4 is 27.1 Å². The second-order valence-corrected chi connectivity index (χ2v) is 4.18. The highest BCUT2D eigenvalue weighted by molar-refractivity contribution is 5.93. The molecule has 0 fully saturated rings. The second-order valence-electron chi connectivity index (χ2n) is 4.18. The normalized spacial score (nSPS) is 10.2. The number of rotatable bonds is 3. The van der Waals surface area contributed by atoms with Gasteiger partial charge in [0.15, 0.2) is 0 Å². The monoisotopic (exact) mass is 288 g/mol. The molecule has 90 valence electrons. The number of benzene rings is 1. The summed E-state index contributed by atoms with van der Waals surface area (Å²) in [6.07, 6.45) is 0. The summed E-state index contributed by atoms with van der Waals surface area (Å²) in [5, 5.41) is 0. The molecule has 16 heavy (non-hydrogen) atoms. The van der Waals surface area contributed by atoms with Crippen molar-refractivity contribution in [2.24, 2.45) is 0 Å². The summed E-state index contributed by atoms with van der Waals surface area (Å²) in [5.74, 6) is 0.655. The Bertz CT molecular complexity index is 344. The zero-order chi connectivity index (χ0) is 11.5. The lowest BCUT2D eigenvalue weighted by atomic mass is 10.2. The van der Waals surface area contributed by atoms with Crippen LogP contribution in [0.15, 0.2) is 24.3 Å². The van der Waals surface area contributed by atoms with Crippen LogP contribution in [0.5, 0.6) is 5.75 Å². The van der Waals surface area contributed by atoms with Crippen molar-refractivity contribution >= 4 is 5.91 Å². The minimum Gasteiger partial charge on any atom is -1.00 e. The number of quaternary nitrogens is 1. The van der Waals surface area contributed by atoms with Gasteiger partial charge in [0.2, 0.25) is 0 Å². The summed E-state index contributed by atoms with van der Waals surface area (Å²) < 4.78 is 5.41. The quantitative estimate of drug-likeness (QED) is 0.519. The summed E-state index contributed by atoms with van der Waals surface area (Å²) in [6, 6.07) is 7.02. The molecule has 0 aliphatic heterocycles. The number of ether oxygens (including phenoxy) is 1. The molecule has 0 atom stereocenters. The predicted molar refractivity (Wildman–Crippen MR) is 58.5 cm³/mol. The van der Waals surface area contributed by atoms with Crippen LogP contribution in [0.4, 0.5) is 0 Å². The van der Waals surface area contributed by atoms with Crippen LogP contribution in [0.2, 0.25) is 0 Å². The van der Waals surface area contributed by atoms with Gasteiger partial charge in [-0.25, -0.2) is 4.59 Å². The minimum absolute atomic E-state index is 0. The number of hydrogen-bond donors (Lipinski definition) is 1. The summed E-state index contributed by atoms with van der Waals surface area (Å²) in [4.78, 5) is 11.7. The minimum atomic E-state index is -0.0925. The molecule has 0 saturated heterocycles. The Morgan fingerprint density at radius 3 is 2.06 bits per heavy atom. The van der Waals surface area contributed by atoms with Crippen LogP contribution in [0.3, 0.4) is 0 Å². The molecule has 1 N–H and O–H groups in total. The number of carbonyl (C=O) groups is 1. The first-order valence-corrected chi connectivity index (χ1v) is 4.70. The third-order valence-electron chi connectivity index (χ3n) is 1.79.